The molecule has 2 amide bonds. The summed E-state index contributed by atoms with van der Waals surface area (Å²) in [6.45, 7) is 4.39. The van der Waals surface area contributed by atoms with Crippen molar-refractivity contribution in [2.75, 3.05) is 13.2 Å². The zero-order valence-electron chi connectivity index (χ0n) is 18.4. The Labute approximate surface area is 183 Å². The molecule has 1 atom stereocenters. The van der Waals surface area contributed by atoms with Gasteiger partial charge in [0.15, 0.2) is 11.3 Å². The third-order valence-electron chi connectivity index (χ3n) is 7.56. The van der Waals surface area contributed by atoms with Gasteiger partial charge in [0.25, 0.3) is 0 Å². The molecule has 4 fully saturated rings. The van der Waals surface area contributed by atoms with Crippen LogP contribution in [-0.2, 0) is 9.59 Å². The van der Waals surface area contributed by atoms with E-state index in [9.17, 15) is 9.59 Å². The molecule has 4 saturated carbocycles. The van der Waals surface area contributed by atoms with Crippen LogP contribution in [0.15, 0.2) is 28.7 Å². The molecule has 1 aromatic carbocycles. The Morgan fingerprint density at radius 2 is 1.84 bits per heavy atom. The molecule has 6 rings (SSSR count). The third-order valence-corrected chi connectivity index (χ3v) is 7.56. The van der Waals surface area contributed by atoms with Crippen LogP contribution in [-0.4, -0.2) is 25.0 Å². The number of carbonyl (C=O) groups excluding carboxylic acids is 2. The third kappa shape index (κ3) is 3.81. The van der Waals surface area contributed by atoms with E-state index in [2.05, 4.69) is 10.6 Å². The minimum absolute atomic E-state index is 0.00927. The number of hydrogen-bond donors (Lipinski definition) is 2. The number of ether oxygens (including phenoxy) is 1. The lowest BCUT2D eigenvalue weighted by Gasteiger charge is -2.55. The van der Waals surface area contributed by atoms with Gasteiger partial charge in [0, 0.05) is 10.8 Å². The van der Waals surface area contributed by atoms with Gasteiger partial charge in [0.2, 0.25) is 11.8 Å². The zero-order chi connectivity index (χ0) is 21.6. The summed E-state index contributed by atoms with van der Waals surface area (Å²) >= 11 is 0. The number of para-hydroxylation sites is 1. The lowest BCUT2D eigenvalue weighted by molar-refractivity contribution is -0.147. The van der Waals surface area contributed by atoms with Crippen molar-refractivity contribution in [3.8, 4) is 5.75 Å². The molecule has 6 nitrogen and oxygen atoms in total. The van der Waals surface area contributed by atoms with Crippen molar-refractivity contribution in [3.05, 3.63) is 30.0 Å². The predicted octanol–water partition coefficient (Wildman–Crippen LogP) is 4.34. The van der Waals surface area contributed by atoms with Crippen LogP contribution in [0.1, 0.15) is 64.2 Å². The fraction of sp³-hybridized carbons (Fsp3) is 0.600. The van der Waals surface area contributed by atoms with Crippen LogP contribution in [0.4, 0.5) is 0 Å². The highest BCUT2D eigenvalue weighted by Gasteiger charge is 2.54. The molecule has 6 heteroatoms. The maximum atomic E-state index is 13.0. The first-order chi connectivity index (χ1) is 15.0. The molecule has 1 aromatic heterocycles. The summed E-state index contributed by atoms with van der Waals surface area (Å²) in [7, 11) is 0. The molecule has 0 spiro atoms. The number of benzene rings is 1. The van der Waals surface area contributed by atoms with E-state index >= 15 is 0 Å². The molecule has 4 bridgehead atoms. The molecule has 166 valence electrons. The first kappa shape index (κ1) is 20.4. The fourth-order valence-electron chi connectivity index (χ4n) is 6.64. The first-order valence-electron chi connectivity index (χ1n) is 11.7. The van der Waals surface area contributed by atoms with Crippen LogP contribution < -0.4 is 15.4 Å². The summed E-state index contributed by atoms with van der Waals surface area (Å²) in [6.07, 6.45) is 6.91. The van der Waals surface area contributed by atoms with Gasteiger partial charge >= 0.3 is 0 Å². The average Bonchev–Trinajstić information content (AvgIpc) is 3.17. The highest BCUT2D eigenvalue weighted by molar-refractivity contribution is 5.88. The molecule has 1 heterocycles. The second-order valence-electron chi connectivity index (χ2n) is 9.93. The summed E-state index contributed by atoms with van der Waals surface area (Å²) in [5, 5.41) is 6.84. The smallest absolute Gasteiger partial charge is 0.239 e. The monoisotopic (exact) mass is 424 g/mol. The SMILES string of the molecule is CCOc1cccc2cc(C(C)NC(=O)CNC(=O)C34CC5CC(CC(C5)C3)C4)oc12. The molecular weight excluding hydrogens is 392 g/mol. The number of hydrogen-bond acceptors (Lipinski definition) is 4. The van der Waals surface area contributed by atoms with E-state index in [1.54, 1.807) is 0 Å². The Morgan fingerprint density at radius 3 is 2.48 bits per heavy atom. The number of nitrogens with one attached hydrogen (secondary N) is 2. The summed E-state index contributed by atoms with van der Waals surface area (Å²) in [6, 6.07) is 7.39. The number of fused-ring (bicyclic) bond motifs is 1. The van der Waals surface area contributed by atoms with Gasteiger partial charge in [-0.25, -0.2) is 0 Å². The Balaban J connectivity index is 1.19. The van der Waals surface area contributed by atoms with Gasteiger partial charge in [-0.1, -0.05) is 12.1 Å². The molecule has 31 heavy (non-hydrogen) atoms. The van der Waals surface area contributed by atoms with Crippen LogP contribution in [0.25, 0.3) is 11.0 Å². The van der Waals surface area contributed by atoms with Gasteiger partial charge in [-0.3, -0.25) is 9.59 Å². The van der Waals surface area contributed by atoms with E-state index in [0.717, 1.165) is 24.6 Å². The van der Waals surface area contributed by atoms with Crippen molar-refractivity contribution < 1.29 is 18.7 Å². The maximum Gasteiger partial charge on any atom is 0.239 e. The van der Waals surface area contributed by atoms with E-state index in [4.69, 9.17) is 9.15 Å². The van der Waals surface area contributed by atoms with Crippen LogP contribution in [0.3, 0.4) is 0 Å². The molecule has 1 unspecified atom stereocenters. The van der Waals surface area contributed by atoms with E-state index in [-0.39, 0.29) is 29.8 Å². The largest absolute Gasteiger partial charge is 0.490 e. The number of furan rings is 1. The van der Waals surface area contributed by atoms with Crippen molar-refractivity contribution in [3.63, 3.8) is 0 Å². The summed E-state index contributed by atoms with van der Waals surface area (Å²) in [5.74, 6) is 3.38. The summed E-state index contributed by atoms with van der Waals surface area (Å²) in [5.41, 5.74) is 0.463. The lowest BCUT2D eigenvalue weighted by Crippen LogP contribution is -2.54. The quantitative estimate of drug-likeness (QED) is 0.693. The molecule has 4 aliphatic rings. The fourth-order valence-corrected chi connectivity index (χ4v) is 6.64. The minimum atomic E-state index is -0.300. The minimum Gasteiger partial charge on any atom is -0.490 e. The number of carbonyl (C=O) groups is 2. The van der Waals surface area contributed by atoms with Crippen molar-refractivity contribution >= 4 is 22.8 Å². The summed E-state index contributed by atoms with van der Waals surface area (Å²) < 4.78 is 11.6. The normalized spacial score (nSPS) is 29.7. The topological polar surface area (TPSA) is 80.6 Å². The Hall–Kier alpha value is -2.50. The molecule has 0 aliphatic heterocycles. The second-order valence-corrected chi connectivity index (χ2v) is 9.93. The highest BCUT2D eigenvalue weighted by atomic mass is 16.5. The van der Waals surface area contributed by atoms with Crippen LogP contribution in [0.2, 0.25) is 0 Å². The van der Waals surface area contributed by atoms with Crippen molar-refractivity contribution in [2.45, 2.75) is 58.4 Å². The lowest BCUT2D eigenvalue weighted by atomic mass is 9.49. The van der Waals surface area contributed by atoms with E-state index < -0.39 is 0 Å². The maximum absolute atomic E-state index is 13.0. The standard InChI is InChI=1S/C25H32N2O4/c1-3-30-20-6-4-5-19-10-21(31-23(19)20)15(2)27-22(28)14-26-24(29)25-11-16-7-17(12-25)9-18(8-16)13-25/h4-6,10,15-18H,3,7-9,11-14H2,1-2H3,(H,26,29)(H,27,28). The van der Waals surface area contributed by atoms with Crippen LogP contribution in [0, 0.1) is 23.2 Å². The van der Waals surface area contributed by atoms with Crippen molar-refractivity contribution in [1.29, 1.82) is 0 Å². The molecule has 0 saturated heterocycles. The highest BCUT2D eigenvalue weighted by Crippen LogP contribution is 2.60. The molecular formula is C25H32N2O4. The molecule has 2 N–H and O–H groups in total. The van der Waals surface area contributed by atoms with Crippen molar-refractivity contribution in [1.82, 2.24) is 10.6 Å². The van der Waals surface area contributed by atoms with Crippen LogP contribution >= 0.6 is 0 Å². The number of amides is 2. The van der Waals surface area contributed by atoms with Gasteiger partial charge in [-0.05, 0) is 82.3 Å². The second kappa shape index (κ2) is 7.88. The molecule has 2 aromatic rings. The van der Waals surface area contributed by atoms with E-state index in [1.807, 2.05) is 38.1 Å². The van der Waals surface area contributed by atoms with E-state index in [0.29, 0.717) is 41.5 Å². The van der Waals surface area contributed by atoms with Gasteiger partial charge < -0.3 is 19.8 Å². The molecule has 0 radical (unpaired) electrons. The van der Waals surface area contributed by atoms with Gasteiger partial charge in [0.05, 0.1) is 19.2 Å². The number of rotatable bonds is 7. The van der Waals surface area contributed by atoms with Crippen LogP contribution in [0.5, 0.6) is 5.75 Å². The Morgan fingerprint density at radius 1 is 1.16 bits per heavy atom. The van der Waals surface area contributed by atoms with Gasteiger partial charge in [0.1, 0.15) is 5.76 Å². The zero-order valence-corrected chi connectivity index (χ0v) is 18.4. The summed E-state index contributed by atoms with van der Waals surface area (Å²) in [4.78, 5) is 25.6. The van der Waals surface area contributed by atoms with Crippen molar-refractivity contribution in [2.24, 2.45) is 23.2 Å². The first-order valence-corrected chi connectivity index (χ1v) is 11.7. The van der Waals surface area contributed by atoms with E-state index in [1.165, 1.54) is 19.3 Å². The van der Waals surface area contributed by atoms with Gasteiger partial charge in [-0.2, -0.15) is 0 Å². The average molecular weight is 425 g/mol. The molecule has 4 aliphatic carbocycles. The Bertz CT molecular complexity index is 959. The Kier molecular flexibility index (Phi) is 5.19. The van der Waals surface area contributed by atoms with Gasteiger partial charge in [-0.15, -0.1) is 0 Å². The predicted molar refractivity (Wildman–Crippen MR) is 118 cm³/mol.